The number of ketones is 1. The summed E-state index contributed by atoms with van der Waals surface area (Å²) in [7, 11) is 2.11. The number of aryl methyl sites for hydroxylation is 1. The average molecular weight is 231 g/mol. The van der Waals surface area contributed by atoms with Gasteiger partial charge in [-0.3, -0.25) is 4.79 Å². The van der Waals surface area contributed by atoms with Crippen LogP contribution in [0.2, 0.25) is 0 Å². The number of hydrogen-bond donors (Lipinski definition) is 0. The van der Waals surface area contributed by atoms with Gasteiger partial charge in [0.25, 0.3) is 0 Å². The molecule has 92 valence electrons. The first-order valence-corrected chi connectivity index (χ1v) is 6.48. The molecule has 0 N–H and O–H groups in total. The van der Waals surface area contributed by atoms with E-state index in [-0.39, 0.29) is 0 Å². The summed E-state index contributed by atoms with van der Waals surface area (Å²) in [6.45, 7) is 3.10. The molecular weight excluding hydrogens is 210 g/mol. The van der Waals surface area contributed by atoms with E-state index in [9.17, 15) is 4.79 Å². The molecule has 1 unspecified atom stereocenters. The molecule has 0 radical (unpaired) electrons. The van der Waals surface area contributed by atoms with Crippen molar-refractivity contribution in [1.29, 1.82) is 0 Å². The third kappa shape index (κ3) is 2.87. The molecule has 1 atom stereocenters. The third-order valence-electron chi connectivity index (χ3n) is 3.77. The summed E-state index contributed by atoms with van der Waals surface area (Å²) in [4.78, 5) is 13.8. The highest BCUT2D eigenvalue weighted by Crippen LogP contribution is 2.25. The van der Waals surface area contributed by atoms with E-state index in [1.54, 1.807) is 0 Å². The van der Waals surface area contributed by atoms with Crippen LogP contribution >= 0.6 is 0 Å². The lowest BCUT2D eigenvalue weighted by Crippen LogP contribution is -2.22. The Kier molecular flexibility index (Phi) is 3.82. The van der Waals surface area contributed by atoms with Gasteiger partial charge in [0, 0.05) is 31.6 Å². The molecule has 0 amide bonds. The standard InChI is InChI=1S/C15H21NO/c1-12-6-3-4-8-14(12)16(2)11-10-13-7-5-9-15(13)17/h3-4,6,8,13H,5,7,9-11H2,1-2H3. The van der Waals surface area contributed by atoms with Gasteiger partial charge in [0.2, 0.25) is 0 Å². The van der Waals surface area contributed by atoms with E-state index in [4.69, 9.17) is 0 Å². The maximum Gasteiger partial charge on any atom is 0.136 e. The summed E-state index contributed by atoms with van der Waals surface area (Å²) in [5, 5.41) is 0. The lowest BCUT2D eigenvalue weighted by molar-refractivity contribution is -0.120. The van der Waals surface area contributed by atoms with Crippen molar-refractivity contribution in [3.63, 3.8) is 0 Å². The first-order valence-electron chi connectivity index (χ1n) is 6.48. The molecule has 0 bridgehead atoms. The Labute approximate surface area is 104 Å². The number of rotatable bonds is 4. The molecule has 1 aromatic rings. The highest BCUT2D eigenvalue weighted by atomic mass is 16.1. The fourth-order valence-electron chi connectivity index (χ4n) is 2.65. The molecule has 1 aliphatic carbocycles. The van der Waals surface area contributed by atoms with E-state index in [1.807, 2.05) is 0 Å². The monoisotopic (exact) mass is 231 g/mol. The van der Waals surface area contributed by atoms with Gasteiger partial charge in [0.05, 0.1) is 0 Å². The van der Waals surface area contributed by atoms with Crippen molar-refractivity contribution in [3.8, 4) is 0 Å². The van der Waals surface area contributed by atoms with Crippen molar-refractivity contribution >= 4 is 11.5 Å². The molecule has 0 saturated heterocycles. The summed E-state index contributed by atoms with van der Waals surface area (Å²) in [6, 6.07) is 8.41. The van der Waals surface area contributed by atoms with E-state index in [1.165, 1.54) is 11.3 Å². The van der Waals surface area contributed by atoms with Gasteiger partial charge in [0.1, 0.15) is 5.78 Å². The van der Waals surface area contributed by atoms with Crippen LogP contribution in [0.15, 0.2) is 24.3 Å². The van der Waals surface area contributed by atoms with Crippen LogP contribution in [0.25, 0.3) is 0 Å². The number of Topliss-reactive ketones (excluding diaryl/α,β-unsaturated/α-hetero) is 1. The van der Waals surface area contributed by atoms with Crippen molar-refractivity contribution < 1.29 is 4.79 Å². The van der Waals surface area contributed by atoms with E-state index in [0.29, 0.717) is 11.7 Å². The highest BCUT2D eigenvalue weighted by Gasteiger charge is 2.24. The van der Waals surface area contributed by atoms with Gasteiger partial charge < -0.3 is 4.90 Å². The highest BCUT2D eigenvalue weighted by molar-refractivity contribution is 5.82. The maximum atomic E-state index is 11.6. The van der Waals surface area contributed by atoms with E-state index >= 15 is 0 Å². The molecule has 0 spiro atoms. The number of anilines is 1. The zero-order valence-electron chi connectivity index (χ0n) is 10.8. The normalized spacial score (nSPS) is 19.6. The molecule has 0 aromatic heterocycles. The number of carbonyl (C=O) groups excluding carboxylic acids is 1. The Morgan fingerprint density at radius 2 is 2.12 bits per heavy atom. The quantitative estimate of drug-likeness (QED) is 0.793. The lowest BCUT2D eigenvalue weighted by atomic mass is 10.0. The van der Waals surface area contributed by atoms with Crippen LogP contribution in [0, 0.1) is 12.8 Å². The van der Waals surface area contributed by atoms with Crippen LogP contribution in [-0.4, -0.2) is 19.4 Å². The number of nitrogens with zero attached hydrogens (tertiary/aromatic N) is 1. The maximum absolute atomic E-state index is 11.6. The van der Waals surface area contributed by atoms with Crippen molar-refractivity contribution in [1.82, 2.24) is 0 Å². The van der Waals surface area contributed by atoms with Gasteiger partial charge in [0.15, 0.2) is 0 Å². The Bertz CT molecular complexity index is 400. The molecule has 0 heterocycles. The third-order valence-corrected chi connectivity index (χ3v) is 3.77. The van der Waals surface area contributed by atoms with Crippen LogP contribution in [0.1, 0.15) is 31.2 Å². The SMILES string of the molecule is Cc1ccccc1N(C)CCC1CCCC1=O. The fourth-order valence-corrected chi connectivity index (χ4v) is 2.65. The molecule has 1 saturated carbocycles. The minimum absolute atomic E-state index is 0.321. The molecule has 2 rings (SSSR count). The number of carbonyl (C=O) groups is 1. The summed E-state index contributed by atoms with van der Waals surface area (Å²) in [5.74, 6) is 0.796. The first kappa shape index (κ1) is 12.2. The van der Waals surface area contributed by atoms with Crippen LogP contribution in [-0.2, 0) is 4.79 Å². The van der Waals surface area contributed by atoms with Crippen molar-refractivity contribution in [2.45, 2.75) is 32.6 Å². The topological polar surface area (TPSA) is 20.3 Å². The average Bonchev–Trinajstić information content (AvgIpc) is 2.72. The molecule has 17 heavy (non-hydrogen) atoms. The minimum atomic E-state index is 0.321. The summed E-state index contributed by atoms with van der Waals surface area (Å²) < 4.78 is 0. The van der Waals surface area contributed by atoms with Crippen molar-refractivity contribution in [3.05, 3.63) is 29.8 Å². The number of para-hydroxylation sites is 1. The van der Waals surface area contributed by atoms with E-state index < -0.39 is 0 Å². The number of benzene rings is 1. The Hall–Kier alpha value is -1.31. The van der Waals surface area contributed by atoms with Gasteiger partial charge in [-0.1, -0.05) is 18.2 Å². The van der Waals surface area contributed by atoms with Crippen LogP contribution in [0.3, 0.4) is 0 Å². The number of hydrogen-bond acceptors (Lipinski definition) is 2. The molecule has 2 nitrogen and oxygen atoms in total. The molecular formula is C15H21NO. The zero-order valence-corrected chi connectivity index (χ0v) is 10.8. The second kappa shape index (κ2) is 5.35. The Morgan fingerprint density at radius 1 is 1.35 bits per heavy atom. The summed E-state index contributed by atoms with van der Waals surface area (Å²) in [5.41, 5.74) is 2.57. The van der Waals surface area contributed by atoms with Gasteiger partial charge in [-0.05, 0) is 37.8 Å². The van der Waals surface area contributed by atoms with Gasteiger partial charge in [-0.15, -0.1) is 0 Å². The smallest absolute Gasteiger partial charge is 0.136 e. The van der Waals surface area contributed by atoms with E-state index in [0.717, 1.165) is 32.2 Å². The second-order valence-electron chi connectivity index (χ2n) is 5.05. The van der Waals surface area contributed by atoms with Crippen LogP contribution in [0.5, 0.6) is 0 Å². The van der Waals surface area contributed by atoms with Crippen molar-refractivity contribution in [2.24, 2.45) is 5.92 Å². The molecule has 1 fully saturated rings. The van der Waals surface area contributed by atoms with Crippen LogP contribution in [0.4, 0.5) is 5.69 Å². The predicted molar refractivity (Wildman–Crippen MR) is 71.4 cm³/mol. The second-order valence-corrected chi connectivity index (χ2v) is 5.05. The Morgan fingerprint density at radius 3 is 2.76 bits per heavy atom. The van der Waals surface area contributed by atoms with Crippen molar-refractivity contribution in [2.75, 3.05) is 18.5 Å². The van der Waals surface area contributed by atoms with Gasteiger partial charge in [-0.25, -0.2) is 0 Å². The molecule has 1 aliphatic rings. The zero-order chi connectivity index (χ0) is 12.3. The lowest BCUT2D eigenvalue weighted by Gasteiger charge is -2.22. The predicted octanol–water partition coefficient (Wildman–Crippen LogP) is 3.19. The largest absolute Gasteiger partial charge is 0.374 e. The van der Waals surface area contributed by atoms with Crippen LogP contribution < -0.4 is 4.90 Å². The molecule has 1 aromatic carbocycles. The Balaban J connectivity index is 1.91. The molecule has 2 heteroatoms. The molecule has 0 aliphatic heterocycles. The fraction of sp³-hybridized carbons (Fsp3) is 0.533. The summed E-state index contributed by atoms with van der Waals surface area (Å²) >= 11 is 0. The first-order chi connectivity index (χ1) is 8.18. The summed E-state index contributed by atoms with van der Waals surface area (Å²) in [6.07, 6.45) is 4.00. The van der Waals surface area contributed by atoms with Gasteiger partial charge >= 0.3 is 0 Å². The minimum Gasteiger partial charge on any atom is -0.374 e. The van der Waals surface area contributed by atoms with E-state index in [2.05, 4.69) is 43.1 Å². The van der Waals surface area contributed by atoms with Gasteiger partial charge in [-0.2, -0.15) is 0 Å².